The van der Waals surface area contributed by atoms with Crippen LogP contribution in [0.25, 0.3) is 0 Å². The second-order valence-electron chi connectivity index (χ2n) is 3.94. The van der Waals surface area contributed by atoms with Crippen LogP contribution in [0.2, 0.25) is 0 Å². The summed E-state index contributed by atoms with van der Waals surface area (Å²) >= 11 is 1.61. The molecule has 2 aliphatic heterocycles. The predicted molar refractivity (Wildman–Crippen MR) is 58.4 cm³/mol. The van der Waals surface area contributed by atoms with Crippen molar-refractivity contribution < 1.29 is 9.90 Å². The summed E-state index contributed by atoms with van der Waals surface area (Å²) in [6.07, 6.45) is 0. The number of nitrogens with zero attached hydrogens (tertiary/aromatic N) is 1. The molecule has 0 bridgehead atoms. The number of rotatable bonds is 0. The van der Waals surface area contributed by atoms with E-state index in [1.165, 1.54) is 0 Å². The van der Waals surface area contributed by atoms with Crippen LogP contribution in [0.1, 0.15) is 22.8 Å². The van der Waals surface area contributed by atoms with Crippen LogP contribution in [0.15, 0.2) is 24.3 Å². The zero-order chi connectivity index (χ0) is 10.6. The number of benzene rings is 1. The van der Waals surface area contributed by atoms with Crippen LogP contribution >= 0.6 is 11.8 Å². The third-order valence-corrected chi connectivity index (χ3v) is 4.47. The minimum absolute atomic E-state index is 0.0325. The maximum absolute atomic E-state index is 12.0. The van der Waals surface area contributed by atoms with E-state index in [-0.39, 0.29) is 11.2 Å². The fraction of sp³-hybridized carbons (Fsp3) is 0.364. The Bertz CT molecular complexity index is 448. The second kappa shape index (κ2) is 2.77. The monoisotopic (exact) mass is 221 g/mol. The summed E-state index contributed by atoms with van der Waals surface area (Å²) in [5.74, 6) is 0.524. The number of hydrogen-bond donors (Lipinski definition) is 1. The van der Waals surface area contributed by atoms with Gasteiger partial charge in [0.25, 0.3) is 5.91 Å². The molecule has 1 saturated heterocycles. The lowest BCUT2D eigenvalue weighted by molar-refractivity contribution is -0.0637. The first-order valence-electron chi connectivity index (χ1n) is 4.91. The lowest BCUT2D eigenvalue weighted by Gasteiger charge is -2.29. The Morgan fingerprint density at radius 3 is 3.07 bits per heavy atom. The van der Waals surface area contributed by atoms with Crippen LogP contribution in [-0.4, -0.2) is 27.0 Å². The molecule has 15 heavy (non-hydrogen) atoms. The Balaban J connectivity index is 2.26. The standard InChI is InChI=1S/C11H11NO2S/c1-7-11(14)9-5-3-2-4-8(9)10(13)12(11)6-15-7/h2-5,7,14H,6H2,1H3/t7-,11-/m1/s1. The molecular weight excluding hydrogens is 210 g/mol. The fourth-order valence-corrected chi connectivity index (χ4v) is 3.51. The number of amides is 1. The van der Waals surface area contributed by atoms with Gasteiger partial charge in [-0.1, -0.05) is 18.2 Å². The van der Waals surface area contributed by atoms with Crippen molar-refractivity contribution >= 4 is 17.7 Å². The molecule has 0 aromatic heterocycles. The molecule has 0 spiro atoms. The summed E-state index contributed by atoms with van der Waals surface area (Å²) in [5.41, 5.74) is 0.317. The van der Waals surface area contributed by atoms with Crippen molar-refractivity contribution in [2.45, 2.75) is 17.9 Å². The molecule has 0 radical (unpaired) electrons. The fourth-order valence-electron chi connectivity index (χ4n) is 2.33. The highest BCUT2D eigenvalue weighted by Gasteiger charge is 2.55. The highest BCUT2D eigenvalue weighted by Crippen LogP contribution is 2.49. The van der Waals surface area contributed by atoms with E-state index in [2.05, 4.69) is 0 Å². The van der Waals surface area contributed by atoms with Crippen molar-refractivity contribution in [3.63, 3.8) is 0 Å². The van der Waals surface area contributed by atoms with E-state index in [1.54, 1.807) is 22.7 Å². The summed E-state index contributed by atoms with van der Waals surface area (Å²) in [4.78, 5) is 13.5. The molecule has 0 saturated carbocycles. The van der Waals surface area contributed by atoms with Crippen molar-refractivity contribution in [2.24, 2.45) is 0 Å². The maximum Gasteiger partial charge on any atom is 0.257 e. The van der Waals surface area contributed by atoms with E-state index in [0.717, 1.165) is 5.56 Å². The van der Waals surface area contributed by atoms with Gasteiger partial charge in [0.2, 0.25) is 0 Å². The molecule has 0 aliphatic carbocycles. The van der Waals surface area contributed by atoms with Gasteiger partial charge in [-0.15, -0.1) is 11.8 Å². The minimum atomic E-state index is -1.08. The Hall–Kier alpha value is -1.00. The molecule has 2 atom stereocenters. The number of hydrogen-bond acceptors (Lipinski definition) is 3. The van der Waals surface area contributed by atoms with Crippen molar-refractivity contribution in [2.75, 3.05) is 5.88 Å². The largest absolute Gasteiger partial charge is 0.366 e. The molecule has 1 N–H and O–H groups in total. The first-order chi connectivity index (χ1) is 7.15. The maximum atomic E-state index is 12.0. The first kappa shape index (κ1) is 9.24. The van der Waals surface area contributed by atoms with E-state index in [9.17, 15) is 9.90 Å². The lowest BCUT2D eigenvalue weighted by Crippen LogP contribution is -2.43. The topological polar surface area (TPSA) is 40.5 Å². The van der Waals surface area contributed by atoms with Crippen LogP contribution in [0.5, 0.6) is 0 Å². The Morgan fingerprint density at radius 2 is 2.27 bits per heavy atom. The van der Waals surface area contributed by atoms with Crippen LogP contribution < -0.4 is 0 Å². The van der Waals surface area contributed by atoms with Crippen molar-refractivity contribution in [1.82, 2.24) is 4.90 Å². The number of carbonyl (C=O) groups excluding carboxylic acids is 1. The van der Waals surface area contributed by atoms with Gasteiger partial charge in [-0.25, -0.2) is 0 Å². The molecule has 1 amide bonds. The molecule has 3 rings (SSSR count). The van der Waals surface area contributed by atoms with E-state index >= 15 is 0 Å². The molecular formula is C11H11NO2S. The van der Waals surface area contributed by atoms with Gasteiger partial charge in [0, 0.05) is 11.1 Å². The lowest BCUT2D eigenvalue weighted by atomic mass is 9.99. The van der Waals surface area contributed by atoms with Crippen LogP contribution in [-0.2, 0) is 5.72 Å². The third kappa shape index (κ3) is 0.936. The van der Waals surface area contributed by atoms with E-state index < -0.39 is 5.72 Å². The highest BCUT2D eigenvalue weighted by molar-refractivity contribution is 8.00. The summed E-state index contributed by atoms with van der Waals surface area (Å²) in [5, 5.41) is 10.6. The molecule has 2 heterocycles. The number of thioether (sulfide) groups is 1. The van der Waals surface area contributed by atoms with Gasteiger partial charge in [0.15, 0.2) is 5.72 Å². The highest BCUT2D eigenvalue weighted by atomic mass is 32.2. The number of carbonyl (C=O) groups is 1. The average Bonchev–Trinajstić information content (AvgIpc) is 2.66. The predicted octanol–water partition coefficient (Wildman–Crippen LogP) is 1.38. The Morgan fingerprint density at radius 1 is 1.53 bits per heavy atom. The smallest absolute Gasteiger partial charge is 0.257 e. The molecule has 4 heteroatoms. The van der Waals surface area contributed by atoms with Gasteiger partial charge >= 0.3 is 0 Å². The molecule has 1 aromatic rings. The zero-order valence-electron chi connectivity index (χ0n) is 8.30. The van der Waals surface area contributed by atoms with Gasteiger partial charge in [-0.3, -0.25) is 9.69 Å². The third-order valence-electron chi connectivity index (χ3n) is 3.23. The molecule has 3 nitrogen and oxygen atoms in total. The molecule has 2 aliphatic rings. The van der Waals surface area contributed by atoms with Crippen LogP contribution in [0.3, 0.4) is 0 Å². The Kier molecular flexibility index (Phi) is 1.71. The second-order valence-corrected chi connectivity index (χ2v) is 5.24. The molecule has 0 unspecified atom stereocenters. The molecule has 1 aromatic carbocycles. The van der Waals surface area contributed by atoms with Crippen LogP contribution in [0, 0.1) is 0 Å². The first-order valence-corrected chi connectivity index (χ1v) is 5.96. The normalized spacial score (nSPS) is 33.1. The van der Waals surface area contributed by atoms with E-state index in [4.69, 9.17) is 0 Å². The Labute approximate surface area is 92.1 Å². The van der Waals surface area contributed by atoms with Gasteiger partial charge in [0.1, 0.15) is 0 Å². The molecule has 1 fully saturated rings. The van der Waals surface area contributed by atoms with Crippen LogP contribution in [0.4, 0.5) is 0 Å². The number of aliphatic hydroxyl groups is 1. The van der Waals surface area contributed by atoms with Gasteiger partial charge in [0.05, 0.1) is 11.1 Å². The van der Waals surface area contributed by atoms with E-state index in [1.807, 2.05) is 25.1 Å². The van der Waals surface area contributed by atoms with Gasteiger partial charge in [-0.05, 0) is 13.0 Å². The summed E-state index contributed by atoms with van der Waals surface area (Å²) in [6, 6.07) is 7.32. The summed E-state index contributed by atoms with van der Waals surface area (Å²) < 4.78 is 0. The summed E-state index contributed by atoms with van der Waals surface area (Å²) in [6.45, 7) is 1.96. The van der Waals surface area contributed by atoms with Crippen molar-refractivity contribution in [3.8, 4) is 0 Å². The number of fused-ring (bicyclic) bond motifs is 3. The summed E-state index contributed by atoms with van der Waals surface area (Å²) in [7, 11) is 0. The quantitative estimate of drug-likeness (QED) is 0.719. The molecule has 78 valence electrons. The van der Waals surface area contributed by atoms with Gasteiger partial charge in [-0.2, -0.15) is 0 Å². The van der Waals surface area contributed by atoms with Crippen molar-refractivity contribution in [3.05, 3.63) is 35.4 Å². The zero-order valence-corrected chi connectivity index (χ0v) is 9.12. The average molecular weight is 221 g/mol. The van der Waals surface area contributed by atoms with Gasteiger partial charge < -0.3 is 5.11 Å². The van der Waals surface area contributed by atoms with E-state index in [0.29, 0.717) is 11.4 Å². The SMILES string of the molecule is C[C@H]1SCN2C(=O)c3ccccc3[C@]12O. The minimum Gasteiger partial charge on any atom is -0.366 e. The van der Waals surface area contributed by atoms with Crippen molar-refractivity contribution in [1.29, 1.82) is 0 Å².